The van der Waals surface area contributed by atoms with E-state index in [0.29, 0.717) is 10.8 Å². The molecule has 28 heavy (non-hydrogen) atoms. The van der Waals surface area contributed by atoms with E-state index < -0.39 is 15.9 Å². The molecule has 9 heteroatoms. The average molecular weight is 417 g/mol. The van der Waals surface area contributed by atoms with Crippen molar-refractivity contribution < 1.29 is 13.2 Å². The number of thiazole rings is 1. The monoisotopic (exact) mass is 416 g/mol. The first-order valence-electron chi connectivity index (χ1n) is 8.54. The van der Waals surface area contributed by atoms with Gasteiger partial charge in [-0.25, -0.2) is 13.4 Å². The lowest BCUT2D eigenvalue weighted by atomic mass is 10.2. The molecule has 2 aromatic heterocycles. The van der Waals surface area contributed by atoms with Gasteiger partial charge in [-0.05, 0) is 44.2 Å². The molecule has 146 valence electrons. The molecule has 1 aromatic carbocycles. The number of benzene rings is 1. The van der Waals surface area contributed by atoms with Crippen molar-refractivity contribution in [1.82, 2.24) is 14.3 Å². The molecular formula is C19H20N4O3S2. The van der Waals surface area contributed by atoms with Gasteiger partial charge in [0.1, 0.15) is 0 Å². The molecule has 3 aromatic rings. The van der Waals surface area contributed by atoms with E-state index in [1.165, 1.54) is 34.8 Å². The molecule has 0 radical (unpaired) electrons. The van der Waals surface area contributed by atoms with Crippen LogP contribution in [0.1, 0.15) is 24.2 Å². The van der Waals surface area contributed by atoms with E-state index in [9.17, 15) is 13.2 Å². The number of carbonyl (C=O) groups excluding carboxylic acids is 1. The fourth-order valence-corrected chi connectivity index (χ4v) is 4.52. The molecule has 0 saturated carbocycles. The van der Waals surface area contributed by atoms with Gasteiger partial charge in [0.15, 0.2) is 5.13 Å². The molecular weight excluding hydrogens is 396 g/mol. The highest BCUT2D eigenvalue weighted by molar-refractivity contribution is 7.89. The van der Waals surface area contributed by atoms with E-state index in [1.807, 2.05) is 17.5 Å². The Morgan fingerprint density at radius 3 is 2.68 bits per heavy atom. The summed E-state index contributed by atoms with van der Waals surface area (Å²) in [5.41, 5.74) is 1.81. The van der Waals surface area contributed by atoms with E-state index in [2.05, 4.69) is 15.3 Å². The zero-order valence-corrected chi connectivity index (χ0v) is 17.3. The summed E-state index contributed by atoms with van der Waals surface area (Å²) < 4.78 is 26.6. The molecule has 2 heterocycles. The minimum absolute atomic E-state index is 0.0755. The zero-order valence-electron chi connectivity index (χ0n) is 15.7. The van der Waals surface area contributed by atoms with E-state index in [-0.39, 0.29) is 16.5 Å². The number of hydrogen-bond acceptors (Lipinski definition) is 6. The van der Waals surface area contributed by atoms with Crippen LogP contribution in [0.5, 0.6) is 0 Å². The van der Waals surface area contributed by atoms with Crippen LogP contribution in [0.4, 0.5) is 5.13 Å². The van der Waals surface area contributed by atoms with Crippen LogP contribution in [0.2, 0.25) is 0 Å². The van der Waals surface area contributed by atoms with Crippen molar-refractivity contribution in [2.45, 2.75) is 24.8 Å². The molecule has 0 aliphatic rings. The fourth-order valence-electron chi connectivity index (χ4n) is 2.39. The fraction of sp³-hybridized carbons (Fsp3) is 0.211. The Bertz CT molecular complexity index is 1080. The van der Waals surface area contributed by atoms with Crippen molar-refractivity contribution >= 4 is 32.4 Å². The second-order valence-electron chi connectivity index (χ2n) is 6.38. The van der Waals surface area contributed by atoms with Crippen LogP contribution in [-0.4, -0.2) is 41.7 Å². The Morgan fingerprint density at radius 1 is 1.21 bits per heavy atom. The van der Waals surface area contributed by atoms with Crippen molar-refractivity contribution in [3.63, 3.8) is 0 Å². The number of sulfonamides is 1. The highest BCUT2D eigenvalue weighted by Crippen LogP contribution is 2.25. The van der Waals surface area contributed by atoms with Crippen LogP contribution >= 0.6 is 11.3 Å². The topological polar surface area (TPSA) is 92.3 Å². The van der Waals surface area contributed by atoms with Gasteiger partial charge in [0.25, 0.3) is 5.91 Å². The van der Waals surface area contributed by atoms with Gasteiger partial charge >= 0.3 is 0 Å². The number of carbonyl (C=O) groups is 1. The molecule has 7 nitrogen and oxygen atoms in total. The van der Waals surface area contributed by atoms with Gasteiger partial charge in [-0.2, -0.15) is 4.31 Å². The van der Waals surface area contributed by atoms with Gasteiger partial charge in [-0.1, -0.05) is 6.07 Å². The Labute approximate surface area is 168 Å². The van der Waals surface area contributed by atoms with E-state index >= 15 is 0 Å². The Hall–Kier alpha value is -2.62. The number of anilines is 1. The summed E-state index contributed by atoms with van der Waals surface area (Å²) in [6.07, 6.45) is 3.37. The summed E-state index contributed by atoms with van der Waals surface area (Å²) in [5, 5.41) is 4.97. The smallest absolute Gasteiger partial charge is 0.257 e. The number of nitrogens with zero attached hydrogens (tertiary/aromatic N) is 3. The van der Waals surface area contributed by atoms with Crippen molar-refractivity contribution in [3.8, 4) is 11.3 Å². The number of pyridine rings is 1. The van der Waals surface area contributed by atoms with Crippen molar-refractivity contribution in [3.05, 3.63) is 59.7 Å². The molecule has 3 rings (SSSR count). The highest BCUT2D eigenvalue weighted by atomic mass is 32.2. The maximum atomic E-state index is 12.6. The Morgan fingerprint density at radius 2 is 2.00 bits per heavy atom. The van der Waals surface area contributed by atoms with Crippen LogP contribution in [0.3, 0.4) is 0 Å². The molecule has 0 spiro atoms. The summed E-state index contributed by atoms with van der Waals surface area (Å²) in [4.78, 5) is 21.1. The van der Waals surface area contributed by atoms with Gasteiger partial charge < -0.3 is 0 Å². The molecule has 0 aliphatic carbocycles. The largest absolute Gasteiger partial charge is 0.298 e. The first-order chi connectivity index (χ1) is 13.3. The first-order valence-corrected chi connectivity index (χ1v) is 10.9. The lowest BCUT2D eigenvalue weighted by Crippen LogP contribution is -2.33. The molecule has 0 aliphatic heterocycles. The molecule has 1 amide bonds. The van der Waals surface area contributed by atoms with Crippen LogP contribution in [0.15, 0.2) is 59.1 Å². The molecule has 0 atom stereocenters. The molecule has 0 fully saturated rings. The lowest BCUT2D eigenvalue weighted by Gasteiger charge is -2.21. The summed E-state index contributed by atoms with van der Waals surface area (Å²) >= 11 is 1.29. The third-order valence-corrected chi connectivity index (χ3v) is 6.97. The SMILES string of the molecule is CC(C)N(C)S(=O)(=O)c1cccc(C(=O)Nc2nc(-c3cccnc3)cs2)c1. The second kappa shape index (κ2) is 8.17. The Balaban J connectivity index is 1.80. The lowest BCUT2D eigenvalue weighted by molar-refractivity contribution is 0.102. The van der Waals surface area contributed by atoms with Crippen molar-refractivity contribution in [2.24, 2.45) is 0 Å². The minimum atomic E-state index is -3.67. The standard InChI is InChI=1S/C19H20N4O3S2/c1-13(2)23(3)28(25,26)16-8-4-6-14(10-16)18(24)22-19-21-17(12-27-19)15-7-5-9-20-11-15/h4-13H,1-3H3,(H,21,22,24). The molecule has 0 bridgehead atoms. The maximum Gasteiger partial charge on any atom is 0.257 e. The molecule has 1 N–H and O–H groups in total. The van der Waals surface area contributed by atoms with E-state index in [0.717, 1.165) is 5.56 Å². The third kappa shape index (κ3) is 4.27. The van der Waals surface area contributed by atoms with Gasteiger partial charge in [0.2, 0.25) is 10.0 Å². The zero-order chi connectivity index (χ0) is 20.3. The average Bonchev–Trinajstić information content (AvgIpc) is 3.16. The number of nitrogens with one attached hydrogen (secondary N) is 1. The van der Waals surface area contributed by atoms with Gasteiger partial charge in [0, 0.05) is 42.0 Å². The maximum absolute atomic E-state index is 12.6. The predicted molar refractivity (Wildman–Crippen MR) is 110 cm³/mol. The summed E-state index contributed by atoms with van der Waals surface area (Å²) in [7, 11) is -2.15. The van der Waals surface area contributed by atoms with E-state index in [4.69, 9.17) is 0 Å². The summed E-state index contributed by atoms with van der Waals surface area (Å²) in [5.74, 6) is -0.420. The molecule has 0 unspecified atom stereocenters. The van der Waals surface area contributed by atoms with Crippen LogP contribution in [0, 0.1) is 0 Å². The number of hydrogen-bond donors (Lipinski definition) is 1. The van der Waals surface area contributed by atoms with Crippen molar-refractivity contribution in [2.75, 3.05) is 12.4 Å². The van der Waals surface area contributed by atoms with Gasteiger partial charge in [-0.15, -0.1) is 11.3 Å². The summed E-state index contributed by atoms with van der Waals surface area (Å²) in [6.45, 7) is 3.58. The first kappa shape index (κ1) is 20.1. The predicted octanol–water partition coefficient (Wildman–Crippen LogP) is 3.49. The minimum Gasteiger partial charge on any atom is -0.298 e. The van der Waals surface area contributed by atoms with Crippen LogP contribution in [-0.2, 0) is 10.0 Å². The van der Waals surface area contributed by atoms with Gasteiger partial charge in [0.05, 0.1) is 10.6 Å². The second-order valence-corrected chi connectivity index (χ2v) is 9.23. The number of amides is 1. The normalized spacial score (nSPS) is 11.8. The Kier molecular flexibility index (Phi) is 5.87. The summed E-state index contributed by atoms with van der Waals surface area (Å²) in [6, 6.07) is 9.48. The quantitative estimate of drug-likeness (QED) is 0.664. The third-order valence-electron chi connectivity index (χ3n) is 4.18. The highest BCUT2D eigenvalue weighted by Gasteiger charge is 2.24. The molecule has 0 saturated heterocycles. The van der Waals surface area contributed by atoms with E-state index in [1.54, 1.807) is 38.4 Å². The number of rotatable bonds is 6. The van der Waals surface area contributed by atoms with Crippen LogP contribution < -0.4 is 5.32 Å². The van der Waals surface area contributed by atoms with Crippen LogP contribution in [0.25, 0.3) is 11.3 Å². The van der Waals surface area contributed by atoms with Gasteiger partial charge in [-0.3, -0.25) is 15.1 Å². The van der Waals surface area contributed by atoms with Crippen molar-refractivity contribution in [1.29, 1.82) is 0 Å². The number of aromatic nitrogens is 2.